The summed E-state index contributed by atoms with van der Waals surface area (Å²) in [5.41, 5.74) is 7.26. The normalized spacial score (nSPS) is 17.3. The first kappa shape index (κ1) is 18.1. The highest BCUT2D eigenvalue weighted by Crippen LogP contribution is 2.34. The quantitative estimate of drug-likeness (QED) is 0.638. The Hall–Kier alpha value is -2.26. The van der Waals surface area contributed by atoms with E-state index < -0.39 is 0 Å². The van der Waals surface area contributed by atoms with E-state index in [1.54, 1.807) is 18.4 Å². The molecule has 1 unspecified atom stereocenters. The Labute approximate surface area is 162 Å². The topological polar surface area (TPSA) is 17.4 Å². The molecular weight excluding hydrogens is 332 g/mol. The Morgan fingerprint density at radius 2 is 1.89 bits per heavy atom. The molecule has 1 aliphatic heterocycles. The summed E-state index contributed by atoms with van der Waals surface area (Å²) in [7, 11) is 1.72. The van der Waals surface area contributed by atoms with Crippen molar-refractivity contribution in [1.82, 2.24) is 9.47 Å². The molecule has 2 heterocycles. The van der Waals surface area contributed by atoms with E-state index in [1.807, 2.05) is 0 Å². The zero-order chi connectivity index (χ0) is 19.0. The highest BCUT2D eigenvalue weighted by molar-refractivity contribution is 5.88. The van der Waals surface area contributed by atoms with Gasteiger partial charge in [-0.25, -0.2) is 0 Å². The summed E-state index contributed by atoms with van der Waals surface area (Å²) in [5, 5.41) is 1.45. The van der Waals surface area contributed by atoms with Crippen LogP contribution in [-0.2, 0) is 25.9 Å². The van der Waals surface area contributed by atoms with Crippen molar-refractivity contribution in [1.29, 1.82) is 0 Å². The van der Waals surface area contributed by atoms with Crippen LogP contribution in [0.1, 0.15) is 36.2 Å². The summed E-state index contributed by atoms with van der Waals surface area (Å²) >= 11 is 0. The van der Waals surface area contributed by atoms with Crippen molar-refractivity contribution in [2.24, 2.45) is 0 Å². The summed E-state index contributed by atoms with van der Waals surface area (Å²) in [6.45, 7) is 10.1. The van der Waals surface area contributed by atoms with Gasteiger partial charge in [0.25, 0.3) is 0 Å². The van der Waals surface area contributed by atoms with Crippen LogP contribution in [0.4, 0.5) is 0 Å². The fourth-order valence-electron chi connectivity index (χ4n) is 4.60. The summed E-state index contributed by atoms with van der Waals surface area (Å²) in [4.78, 5) is 2.60. The summed E-state index contributed by atoms with van der Waals surface area (Å²) < 4.78 is 7.89. The fraction of sp³-hybridized carbons (Fsp3) is 0.417. The number of rotatable bonds is 5. The molecule has 0 amide bonds. The fourth-order valence-corrected chi connectivity index (χ4v) is 4.60. The van der Waals surface area contributed by atoms with E-state index in [1.165, 1.54) is 22.0 Å². The maximum Gasteiger partial charge on any atom is 0.118 e. The van der Waals surface area contributed by atoms with Crippen molar-refractivity contribution in [3.8, 4) is 5.75 Å². The maximum absolute atomic E-state index is 5.29. The van der Waals surface area contributed by atoms with Crippen molar-refractivity contribution in [3.63, 3.8) is 0 Å². The van der Waals surface area contributed by atoms with Gasteiger partial charge >= 0.3 is 0 Å². The molecule has 0 spiro atoms. The van der Waals surface area contributed by atoms with Gasteiger partial charge in [0.15, 0.2) is 0 Å². The van der Waals surface area contributed by atoms with Crippen LogP contribution in [0, 0.1) is 6.92 Å². The highest BCUT2D eigenvalue weighted by Gasteiger charge is 2.27. The van der Waals surface area contributed by atoms with E-state index in [9.17, 15) is 0 Å². The molecule has 1 aliphatic rings. The molecule has 3 nitrogen and oxygen atoms in total. The number of aryl methyl sites for hydroxylation is 3. The number of fused-ring (bicyclic) bond motifs is 3. The molecule has 1 aromatic heterocycles. The molecule has 4 rings (SSSR count). The zero-order valence-electron chi connectivity index (χ0n) is 17.0. The molecule has 3 heteroatoms. The van der Waals surface area contributed by atoms with E-state index in [2.05, 4.69) is 72.7 Å². The van der Waals surface area contributed by atoms with Crippen molar-refractivity contribution in [3.05, 3.63) is 64.8 Å². The first-order valence-electron chi connectivity index (χ1n) is 10.1. The standard InChI is InChI=1S/C24H30N2O/c1-5-25-16-22-21-8-6-7-17(2)24(21)26(23(22)15-18(25)3)14-13-19-9-11-20(27-4)12-10-19/h6-12,18H,5,13-16H2,1-4H3. The number of nitrogens with zero attached hydrogens (tertiary/aromatic N) is 2. The first-order valence-corrected chi connectivity index (χ1v) is 10.1. The molecule has 27 heavy (non-hydrogen) atoms. The van der Waals surface area contributed by atoms with Crippen LogP contribution in [0.25, 0.3) is 10.9 Å². The smallest absolute Gasteiger partial charge is 0.118 e. The van der Waals surface area contributed by atoms with Gasteiger partial charge in [-0.3, -0.25) is 4.90 Å². The lowest BCUT2D eigenvalue weighted by molar-refractivity contribution is 0.192. The Morgan fingerprint density at radius 1 is 1.11 bits per heavy atom. The molecule has 3 aromatic rings. The van der Waals surface area contributed by atoms with Crippen molar-refractivity contribution >= 4 is 10.9 Å². The third-order valence-corrected chi connectivity index (χ3v) is 6.17. The summed E-state index contributed by atoms with van der Waals surface area (Å²) in [6.07, 6.45) is 2.18. The number of hydrogen-bond acceptors (Lipinski definition) is 2. The molecule has 2 aromatic carbocycles. The average molecular weight is 363 g/mol. The predicted octanol–water partition coefficient (Wildman–Crippen LogP) is 4.97. The minimum atomic E-state index is 0.604. The Bertz CT molecular complexity index is 939. The van der Waals surface area contributed by atoms with E-state index in [0.29, 0.717) is 6.04 Å². The molecule has 1 atom stereocenters. The number of benzene rings is 2. The number of likely N-dealkylation sites (N-methyl/N-ethyl adjacent to an activating group) is 1. The SMILES string of the molecule is CCN1Cc2c(n(CCc3ccc(OC)cc3)c3c(C)cccc23)CC1C. The minimum absolute atomic E-state index is 0.604. The van der Waals surface area contributed by atoms with Crippen molar-refractivity contribution in [2.45, 2.75) is 52.7 Å². The van der Waals surface area contributed by atoms with Crippen LogP contribution >= 0.6 is 0 Å². The van der Waals surface area contributed by atoms with Crippen LogP contribution in [-0.4, -0.2) is 29.2 Å². The highest BCUT2D eigenvalue weighted by atomic mass is 16.5. The zero-order valence-corrected chi connectivity index (χ0v) is 17.0. The molecular formula is C24H30N2O. The molecule has 0 fully saturated rings. The molecule has 0 saturated carbocycles. The van der Waals surface area contributed by atoms with Gasteiger partial charge in [0.2, 0.25) is 0 Å². The second-order valence-corrected chi connectivity index (χ2v) is 7.76. The number of hydrogen-bond donors (Lipinski definition) is 0. The average Bonchev–Trinajstić information content (AvgIpc) is 3.00. The van der Waals surface area contributed by atoms with Crippen LogP contribution < -0.4 is 4.74 Å². The monoisotopic (exact) mass is 362 g/mol. The van der Waals surface area contributed by atoms with Crippen LogP contribution in [0.15, 0.2) is 42.5 Å². The lowest BCUT2D eigenvalue weighted by Gasteiger charge is -2.33. The van der Waals surface area contributed by atoms with E-state index >= 15 is 0 Å². The molecule has 0 N–H and O–H groups in total. The second-order valence-electron chi connectivity index (χ2n) is 7.76. The van der Waals surface area contributed by atoms with Crippen molar-refractivity contribution in [2.75, 3.05) is 13.7 Å². The predicted molar refractivity (Wildman–Crippen MR) is 113 cm³/mol. The third kappa shape index (κ3) is 3.25. The summed E-state index contributed by atoms with van der Waals surface area (Å²) in [5.74, 6) is 0.923. The van der Waals surface area contributed by atoms with Gasteiger partial charge in [-0.05, 0) is 55.6 Å². The van der Waals surface area contributed by atoms with Crippen LogP contribution in [0.5, 0.6) is 5.75 Å². The number of ether oxygens (including phenoxy) is 1. The molecule has 0 aliphatic carbocycles. The Balaban J connectivity index is 1.72. The van der Waals surface area contributed by atoms with E-state index in [0.717, 1.165) is 38.2 Å². The van der Waals surface area contributed by atoms with E-state index in [4.69, 9.17) is 4.74 Å². The molecule has 0 saturated heterocycles. The van der Waals surface area contributed by atoms with Crippen LogP contribution in [0.2, 0.25) is 0 Å². The maximum atomic E-state index is 5.29. The number of aromatic nitrogens is 1. The van der Waals surface area contributed by atoms with Gasteiger partial charge in [-0.1, -0.05) is 37.3 Å². The van der Waals surface area contributed by atoms with Crippen molar-refractivity contribution < 1.29 is 4.74 Å². The number of para-hydroxylation sites is 1. The first-order chi connectivity index (χ1) is 13.1. The molecule has 0 bridgehead atoms. The van der Waals surface area contributed by atoms with Gasteiger partial charge in [0, 0.05) is 36.6 Å². The Morgan fingerprint density at radius 3 is 2.59 bits per heavy atom. The lowest BCUT2D eigenvalue weighted by atomic mass is 9.99. The minimum Gasteiger partial charge on any atom is -0.497 e. The van der Waals surface area contributed by atoms with Gasteiger partial charge < -0.3 is 9.30 Å². The Kier molecular flexibility index (Phi) is 4.96. The van der Waals surface area contributed by atoms with Gasteiger partial charge in [-0.15, -0.1) is 0 Å². The van der Waals surface area contributed by atoms with E-state index in [-0.39, 0.29) is 0 Å². The van der Waals surface area contributed by atoms with Crippen LogP contribution in [0.3, 0.4) is 0 Å². The third-order valence-electron chi connectivity index (χ3n) is 6.17. The largest absolute Gasteiger partial charge is 0.497 e. The number of methoxy groups -OCH3 is 1. The van der Waals surface area contributed by atoms with Gasteiger partial charge in [0.1, 0.15) is 5.75 Å². The lowest BCUT2D eigenvalue weighted by Crippen LogP contribution is -2.38. The summed E-state index contributed by atoms with van der Waals surface area (Å²) in [6, 6.07) is 15.9. The second kappa shape index (κ2) is 7.40. The molecule has 0 radical (unpaired) electrons. The van der Waals surface area contributed by atoms with Gasteiger partial charge in [-0.2, -0.15) is 0 Å². The van der Waals surface area contributed by atoms with Gasteiger partial charge in [0.05, 0.1) is 12.6 Å². The molecule has 142 valence electrons.